The van der Waals surface area contributed by atoms with E-state index in [9.17, 15) is 16.8 Å². The molecule has 2 aliphatic heterocycles. The van der Waals surface area contributed by atoms with Crippen LogP contribution in [0.25, 0.3) is 0 Å². The fourth-order valence-corrected chi connectivity index (χ4v) is 7.37. The van der Waals surface area contributed by atoms with Crippen LogP contribution in [0.15, 0.2) is 63.2 Å². The first-order valence-electron chi connectivity index (χ1n) is 9.33. The fourth-order valence-electron chi connectivity index (χ4n) is 3.39. The van der Waals surface area contributed by atoms with Gasteiger partial charge in [0.25, 0.3) is 10.0 Å². The monoisotopic (exact) mass is 454 g/mol. The van der Waals surface area contributed by atoms with Crippen LogP contribution in [0.5, 0.6) is 0 Å². The minimum Gasteiger partial charge on any atom is -0.379 e. The maximum absolute atomic E-state index is 13.3. The van der Waals surface area contributed by atoms with Gasteiger partial charge in [0.1, 0.15) is 0 Å². The van der Waals surface area contributed by atoms with Crippen molar-refractivity contribution in [2.24, 2.45) is 0 Å². The topological polar surface area (TPSA) is 84.0 Å². The number of anilines is 1. The van der Waals surface area contributed by atoms with Crippen molar-refractivity contribution < 1.29 is 21.6 Å². The lowest BCUT2D eigenvalue weighted by atomic mass is 10.3. The van der Waals surface area contributed by atoms with Crippen LogP contribution in [-0.2, 0) is 24.8 Å². The number of morpholine rings is 1. The molecule has 0 radical (unpaired) electrons. The van der Waals surface area contributed by atoms with Crippen LogP contribution in [0.4, 0.5) is 5.69 Å². The summed E-state index contributed by atoms with van der Waals surface area (Å²) in [6.45, 7) is 1.70. The van der Waals surface area contributed by atoms with Crippen LogP contribution in [0.1, 0.15) is 6.42 Å². The van der Waals surface area contributed by atoms with Gasteiger partial charge in [-0.3, -0.25) is 4.31 Å². The van der Waals surface area contributed by atoms with E-state index in [4.69, 9.17) is 4.74 Å². The Morgan fingerprint density at radius 1 is 0.793 bits per heavy atom. The molecule has 0 saturated carbocycles. The number of hydrogen-bond donors (Lipinski definition) is 0. The average Bonchev–Trinajstić information content (AvgIpc) is 2.97. The molecule has 0 spiro atoms. The maximum Gasteiger partial charge on any atom is 0.264 e. The van der Waals surface area contributed by atoms with E-state index in [1.807, 2.05) is 24.3 Å². The number of para-hydroxylation sites is 1. The summed E-state index contributed by atoms with van der Waals surface area (Å²) < 4.78 is 60.1. The molecule has 7 nitrogen and oxygen atoms in total. The Balaban J connectivity index is 1.65. The summed E-state index contributed by atoms with van der Waals surface area (Å²) in [5.74, 6) is 0.847. The third kappa shape index (κ3) is 4.04. The van der Waals surface area contributed by atoms with E-state index in [0.717, 1.165) is 17.1 Å². The number of thioether (sulfide) groups is 1. The molecule has 2 aromatic rings. The predicted molar refractivity (Wildman–Crippen MR) is 112 cm³/mol. The summed E-state index contributed by atoms with van der Waals surface area (Å²) in [6, 6.07) is 13.0. The number of ether oxygens (including phenoxy) is 1. The molecule has 4 rings (SSSR count). The summed E-state index contributed by atoms with van der Waals surface area (Å²) in [6.07, 6.45) is 0.738. The molecule has 0 amide bonds. The molecular weight excluding hydrogens is 432 g/mol. The zero-order chi connectivity index (χ0) is 20.5. The molecule has 0 bridgehead atoms. The zero-order valence-corrected chi connectivity index (χ0v) is 18.2. The van der Waals surface area contributed by atoms with E-state index < -0.39 is 20.0 Å². The highest BCUT2D eigenvalue weighted by Gasteiger charge is 2.30. The lowest BCUT2D eigenvalue weighted by molar-refractivity contribution is 0.0730. The summed E-state index contributed by atoms with van der Waals surface area (Å²) >= 11 is 1.65. The van der Waals surface area contributed by atoms with E-state index in [1.165, 1.54) is 32.9 Å². The first-order chi connectivity index (χ1) is 13.9. The van der Waals surface area contributed by atoms with Crippen LogP contribution < -0.4 is 4.31 Å². The molecule has 2 aliphatic rings. The molecular formula is C19H22N2O5S3. The van der Waals surface area contributed by atoms with Crippen LogP contribution >= 0.6 is 11.8 Å². The smallest absolute Gasteiger partial charge is 0.264 e. The highest BCUT2D eigenvalue weighted by Crippen LogP contribution is 2.36. The van der Waals surface area contributed by atoms with Crippen LogP contribution in [0.2, 0.25) is 0 Å². The van der Waals surface area contributed by atoms with E-state index in [2.05, 4.69) is 0 Å². The molecule has 2 heterocycles. The second kappa shape index (κ2) is 8.27. The third-order valence-corrected chi connectivity index (χ3v) is 9.81. The van der Waals surface area contributed by atoms with Gasteiger partial charge in [0.15, 0.2) is 0 Å². The number of hydrogen-bond acceptors (Lipinski definition) is 6. The van der Waals surface area contributed by atoms with E-state index >= 15 is 0 Å². The molecule has 1 saturated heterocycles. The number of fused-ring (bicyclic) bond motifs is 1. The quantitative estimate of drug-likeness (QED) is 0.705. The van der Waals surface area contributed by atoms with E-state index in [1.54, 1.807) is 11.8 Å². The van der Waals surface area contributed by atoms with Crippen LogP contribution in [0.3, 0.4) is 0 Å². The Morgan fingerprint density at radius 3 is 2.10 bits per heavy atom. The Kier molecular flexibility index (Phi) is 5.90. The third-order valence-electron chi connectivity index (χ3n) is 4.92. The molecule has 0 aromatic heterocycles. The molecule has 2 aromatic carbocycles. The largest absolute Gasteiger partial charge is 0.379 e. The van der Waals surface area contributed by atoms with Gasteiger partial charge in [-0.2, -0.15) is 4.31 Å². The number of sulfonamides is 2. The highest BCUT2D eigenvalue weighted by molar-refractivity contribution is 7.99. The van der Waals surface area contributed by atoms with Crippen molar-refractivity contribution in [2.75, 3.05) is 42.9 Å². The number of nitrogens with zero attached hydrogens (tertiary/aromatic N) is 2. The second-order valence-electron chi connectivity index (χ2n) is 6.73. The molecule has 29 heavy (non-hydrogen) atoms. The highest BCUT2D eigenvalue weighted by atomic mass is 32.2. The summed E-state index contributed by atoms with van der Waals surface area (Å²) in [7, 11) is -7.46. The number of benzene rings is 2. The van der Waals surface area contributed by atoms with Crippen LogP contribution in [0, 0.1) is 0 Å². The zero-order valence-electron chi connectivity index (χ0n) is 15.7. The van der Waals surface area contributed by atoms with Crippen molar-refractivity contribution in [2.45, 2.75) is 21.1 Å². The predicted octanol–water partition coefficient (Wildman–Crippen LogP) is 2.40. The van der Waals surface area contributed by atoms with Crippen molar-refractivity contribution in [3.05, 3.63) is 48.5 Å². The van der Waals surface area contributed by atoms with Gasteiger partial charge < -0.3 is 4.74 Å². The molecule has 156 valence electrons. The van der Waals surface area contributed by atoms with Gasteiger partial charge in [-0.05, 0) is 48.6 Å². The van der Waals surface area contributed by atoms with Crippen molar-refractivity contribution in [3.8, 4) is 0 Å². The Morgan fingerprint density at radius 2 is 1.41 bits per heavy atom. The number of rotatable bonds is 4. The fraction of sp³-hybridized carbons (Fsp3) is 0.368. The van der Waals surface area contributed by atoms with Gasteiger partial charge in [-0.1, -0.05) is 12.1 Å². The van der Waals surface area contributed by atoms with Gasteiger partial charge in [0.2, 0.25) is 10.0 Å². The summed E-state index contributed by atoms with van der Waals surface area (Å²) in [5.41, 5.74) is 0.667. The molecule has 0 unspecified atom stereocenters. The van der Waals surface area contributed by atoms with Crippen molar-refractivity contribution in [1.82, 2.24) is 4.31 Å². The summed E-state index contributed by atoms with van der Waals surface area (Å²) in [5, 5.41) is 0. The lowest BCUT2D eigenvalue weighted by Gasteiger charge is -2.26. The van der Waals surface area contributed by atoms with Gasteiger partial charge in [0.05, 0.1) is 28.7 Å². The van der Waals surface area contributed by atoms with Crippen LogP contribution in [-0.4, -0.2) is 59.7 Å². The molecule has 0 aliphatic carbocycles. The van der Waals surface area contributed by atoms with Gasteiger partial charge in [-0.25, -0.2) is 16.8 Å². The first-order valence-corrected chi connectivity index (χ1v) is 13.2. The Labute approximate surface area is 175 Å². The molecule has 10 heteroatoms. The standard InChI is InChI=1S/C19H22N2O5S3/c22-28(23,20-11-13-26-14-12-20)16-6-8-17(9-7-16)29(24,25)21-10-3-15-27-19-5-2-1-4-18(19)21/h1-2,4-9H,3,10-15H2. The minimum atomic E-state index is -3.79. The van der Waals surface area contributed by atoms with Crippen molar-refractivity contribution in [3.63, 3.8) is 0 Å². The van der Waals surface area contributed by atoms with Gasteiger partial charge in [-0.15, -0.1) is 11.8 Å². The molecule has 0 atom stereocenters. The molecule has 0 N–H and O–H groups in total. The Bertz CT molecular complexity index is 1080. The second-order valence-corrected chi connectivity index (χ2v) is 11.7. The first kappa shape index (κ1) is 20.7. The Hall–Kier alpha value is -1.59. The van der Waals surface area contributed by atoms with E-state index in [0.29, 0.717) is 38.5 Å². The summed E-state index contributed by atoms with van der Waals surface area (Å²) in [4.78, 5) is 1.10. The van der Waals surface area contributed by atoms with E-state index in [-0.39, 0.29) is 9.79 Å². The lowest BCUT2D eigenvalue weighted by Crippen LogP contribution is -2.40. The SMILES string of the molecule is O=S(=O)(c1ccc(S(=O)(=O)N2CCCSc3ccccc32)cc1)N1CCOCC1. The average molecular weight is 455 g/mol. The molecule has 1 fully saturated rings. The van der Waals surface area contributed by atoms with Crippen molar-refractivity contribution in [1.29, 1.82) is 0 Å². The maximum atomic E-state index is 13.3. The van der Waals surface area contributed by atoms with Gasteiger partial charge >= 0.3 is 0 Å². The van der Waals surface area contributed by atoms with Gasteiger partial charge in [0, 0.05) is 24.5 Å². The minimum absolute atomic E-state index is 0.0835. The van der Waals surface area contributed by atoms with Crippen molar-refractivity contribution >= 4 is 37.5 Å². The normalized spacial score (nSPS) is 18.8.